The largest absolute Gasteiger partial charge is 0.379 e. The Bertz CT molecular complexity index is 1150. The van der Waals surface area contributed by atoms with E-state index >= 15 is 0 Å². The van der Waals surface area contributed by atoms with Gasteiger partial charge in [0.15, 0.2) is 0 Å². The van der Waals surface area contributed by atoms with Crippen molar-refractivity contribution in [3.8, 4) is 0 Å². The first-order chi connectivity index (χ1) is 14.3. The summed E-state index contributed by atoms with van der Waals surface area (Å²) in [6, 6.07) is 5.08. The van der Waals surface area contributed by atoms with Gasteiger partial charge in [-0.15, -0.1) is 23.7 Å². The fourth-order valence-electron chi connectivity index (χ4n) is 3.76. The summed E-state index contributed by atoms with van der Waals surface area (Å²) in [7, 11) is 0. The minimum absolute atomic E-state index is 0. The van der Waals surface area contributed by atoms with E-state index in [1.54, 1.807) is 29.2 Å². The van der Waals surface area contributed by atoms with Gasteiger partial charge in [0.2, 0.25) is 0 Å². The van der Waals surface area contributed by atoms with Crippen molar-refractivity contribution in [3.63, 3.8) is 0 Å². The van der Waals surface area contributed by atoms with E-state index in [0.717, 1.165) is 54.8 Å². The Morgan fingerprint density at radius 2 is 2.00 bits per heavy atom. The summed E-state index contributed by atoms with van der Waals surface area (Å²) in [5.41, 5.74) is 1.17. The molecule has 5 rings (SSSR count). The van der Waals surface area contributed by atoms with E-state index in [0.29, 0.717) is 6.61 Å². The molecule has 158 valence electrons. The Labute approximate surface area is 189 Å². The SMILES string of the molecule is Cl.Fc1ccc2sc3c(c2c1)=C1SC(COCCN2CCOCC2)=CC=C1C=CC=3. The van der Waals surface area contributed by atoms with Gasteiger partial charge in [-0.3, -0.25) is 4.90 Å². The number of fused-ring (bicyclic) bond motifs is 4. The van der Waals surface area contributed by atoms with Crippen LogP contribution in [0, 0.1) is 5.82 Å². The van der Waals surface area contributed by atoms with Crippen molar-refractivity contribution in [2.24, 2.45) is 0 Å². The molecule has 30 heavy (non-hydrogen) atoms. The van der Waals surface area contributed by atoms with Crippen molar-refractivity contribution in [2.45, 2.75) is 0 Å². The molecule has 1 aliphatic carbocycles. The third-order valence-electron chi connectivity index (χ3n) is 5.27. The van der Waals surface area contributed by atoms with Crippen LogP contribution in [0.5, 0.6) is 0 Å². The predicted molar refractivity (Wildman–Crippen MR) is 127 cm³/mol. The van der Waals surface area contributed by atoms with Gasteiger partial charge in [0.05, 0.1) is 26.4 Å². The third kappa shape index (κ3) is 4.59. The summed E-state index contributed by atoms with van der Waals surface area (Å²) in [4.78, 5) is 4.75. The molecule has 0 saturated carbocycles. The van der Waals surface area contributed by atoms with E-state index in [2.05, 4.69) is 35.3 Å². The van der Waals surface area contributed by atoms with Crippen molar-refractivity contribution >= 4 is 56.6 Å². The molecule has 1 fully saturated rings. The summed E-state index contributed by atoms with van der Waals surface area (Å²) < 4.78 is 27.6. The van der Waals surface area contributed by atoms with E-state index in [1.807, 2.05) is 6.07 Å². The van der Waals surface area contributed by atoms with E-state index in [4.69, 9.17) is 9.47 Å². The normalized spacial score (nSPS) is 18.6. The van der Waals surface area contributed by atoms with Crippen LogP contribution in [0.25, 0.3) is 21.1 Å². The van der Waals surface area contributed by atoms with E-state index in [9.17, 15) is 4.39 Å². The number of morpholine rings is 1. The van der Waals surface area contributed by atoms with Gasteiger partial charge in [-0.2, -0.15) is 0 Å². The molecule has 7 heteroatoms. The maximum absolute atomic E-state index is 14.0. The lowest BCUT2D eigenvalue weighted by Gasteiger charge is -2.26. The van der Waals surface area contributed by atoms with Crippen LogP contribution < -0.4 is 9.75 Å². The second kappa shape index (κ2) is 9.81. The first-order valence-electron chi connectivity index (χ1n) is 9.86. The molecule has 0 atom stereocenters. The lowest BCUT2D eigenvalue weighted by atomic mass is 10.1. The molecule has 1 aromatic carbocycles. The average molecular weight is 464 g/mol. The smallest absolute Gasteiger partial charge is 0.123 e. The first-order valence-corrected chi connectivity index (χ1v) is 11.5. The lowest BCUT2D eigenvalue weighted by molar-refractivity contribution is 0.0232. The second-order valence-electron chi connectivity index (χ2n) is 7.20. The Balaban J connectivity index is 0.00000218. The van der Waals surface area contributed by atoms with Crippen LogP contribution in [0.3, 0.4) is 0 Å². The van der Waals surface area contributed by atoms with E-state index in [-0.39, 0.29) is 18.2 Å². The fourth-order valence-corrected chi connectivity index (χ4v) is 6.04. The zero-order valence-corrected chi connectivity index (χ0v) is 18.9. The molecule has 0 bridgehead atoms. The molecule has 1 saturated heterocycles. The number of halogens is 2. The molecule has 3 nitrogen and oxygen atoms in total. The van der Waals surface area contributed by atoms with Crippen LogP contribution in [0.15, 0.2) is 53.0 Å². The maximum atomic E-state index is 14.0. The highest BCUT2D eigenvalue weighted by molar-refractivity contribution is 8.11. The molecule has 0 spiro atoms. The number of rotatable bonds is 5. The number of nitrogens with zero attached hydrogens (tertiary/aromatic N) is 1. The van der Waals surface area contributed by atoms with Gasteiger partial charge in [-0.05, 0) is 35.9 Å². The zero-order valence-electron chi connectivity index (χ0n) is 16.4. The quantitative estimate of drug-likeness (QED) is 0.628. The van der Waals surface area contributed by atoms with Crippen LogP contribution >= 0.6 is 35.5 Å². The van der Waals surface area contributed by atoms with Gasteiger partial charge in [0, 0.05) is 49.3 Å². The Morgan fingerprint density at radius 3 is 2.87 bits per heavy atom. The number of ether oxygens (including phenoxy) is 2. The van der Waals surface area contributed by atoms with Gasteiger partial charge in [0.1, 0.15) is 5.82 Å². The summed E-state index contributed by atoms with van der Waals surface area (Å²) in [5.74, 6) is -0.190. The number of hydrogen-bond acceptors (Lipinski definition) is 5. The van der Waals surface area contributed by atoms with Crippen molar-refractivity contribution in [1.29, 1.82) is 0 Å². The molecule has 0 unspecified atom stereocenters. The van der Waals surface area contributed by atoms with E-state index < -0.39 is 0 Å². The van der Waals surface area contributed by atoms with E-state index in [1.165, 1.54) is 26.0 Å². The van der Waals surface area contributed by atoms with Crippen LogP contribution in [0.1, 0.15) is 0 Å². The zero-order chi connectivity index (χ0) is 19.6. The summed E-state index contributed by atoms with van der Waals surface area (Å²) in [5, 5.41) is 2.14. The minimum Gasteiger partial charge on any atom is -0.379 e. The maximum Gasteiger partial charge on any atom is 0.123 e. The highest BCUT2D eigenvalue weighted by Crippen LogP contribution is 2.37. The van der Waals surface area contributed by atoms with Crippen LogP contribution in [-0.4, -0.2) is 51.0 Å². The highest BCUT2D eigenvalue weighted by atomic mass is 35.5. The van der Waals surface area contributed by atoms with Crippen molar-refractivity contribution in [1.82, 2.24) is 4.90 Å². The number of thiophene rings is 1. The Morgan fingerprint density at radius 1 is 1.13 bits per heavy atom. The van der Waals surface area contributed by atoms with Crippen LogP contribution in [0.2, 0.25) is 0 Å². The number of thioether (sulfide) groups is 1. The summed E-state index contributed by atoms with van der Waals surface area (Å²) in [6.07, 6.45) is 10.6. The molecular weight excluding hydrogens is 441 g/mol. The number of hydrogen-bond donors (Lipinski definition) is 0. The van der Waals surface area contributed by atoms with Crippen LogP contribution in [0.4, 0.5) is 4.39 Å². The Kier molecular flexibility index (Phi) is 7.13. The topological polar surface area (TPSA) is 21.7 Å². The monoisotopic (exact) mass is 463 g/mol. The van der Waals surface area contributed by atoms with Gasteiger partial charge >= 0.3 is 0 Å². The molecule has 3 heterocycles. The first kappa shape index (κ1) is 21.8. The van der Waals surface area contributed by atoms with Crippen molar-refractivity contribution in [3.05, 3.63) is 68.5 Å². The molecule has 0 amide bonds. The molecule has 0 radical (unpaired) electrons. The molecule has 1 aromatic heterocycles. The van der Waals surface area contributed by atoms with Gasteiger partial charge in [0.25, 0.3) is 0 Å². The standard InChI is InChI=1S/C23H22FNO2S2.ClH/c24-17-5-7-20-19(14-17)22-21(29-20)3-1-2-16-4-6-18(28-23(16)22)15-27-13-10-25-8-11-26-12-9-25;/h1-7,14H,8-13,15H2;1H. The molecule has 2 aliphatic heterocycles. The predicted octanol–water partition coefficient (Wildman–Crippen LogP) is 3.83. The lowest BCUT2D eigenvalue weighted by Crippen LogP contribution is -2.38. The Hall–Kier alpha value is -1.41. The third-order valence-corrected chi connectivity index (χ3v) is 7.57. The second-order valence-corrected chi connectivity index (χ2v) is 9.42. The molecule has 3 aliphatic rings. The fraction of sp³-hybridized carbons (Fsp3) is 0.304. The van der Waals surface area contributed by atoms with Gasteiger partial charge < -0.3 is 9.47 Å². The minimum atomic E-state index is -0.190. The van der Waals surface area contributed by atoms with Gasteiger partial charge in [-0.25, -0.2) is 4.39 Å². The van der Waals surface area contributed by atoms with Crippen LogP contribution in [-0.2, 0) is 9.47 Å². The molecule has 0 N–H and O–H groups in total. The average Bonchev–Trinajstić information content (AvgIpc) is 2.99. The summed E-state index contributed by atoms with van der Waals surface area (Å²) >= 11 is 3.46. The molecular formula is C23H23ClFNO2S2. The number of allylic oxidation sites excluding steroid dienone is 4. The summed E-state index contributed by atoms with van der Waals surface area (Å²) in [6.45, 7) is 5.85. The van der Waals surface area contributed by atoms with Crippen molar-refractivity contribution < 1.29 is 13.9 Å². The van der Waals surface area contributed by atoms with Crippen molar-refractivity contribution in [2.75, 3.05) is 46.1 Å². The highest BCUT2D eigenvalue weighted by Gasteiger charge is 2.17. The number of benzene rings is 1. The molecule has 2 aromatic rings. The van der Waals surface area contributed by atoms with Gasteiger partial charge in [-0.1, -0.05) is 30.0 Å².